The van der Waals surface area contributed by atoms with Crippen LogP contribution >= 0.6 is 0 Å². The van der Waals surface area contributed by atoms with Crippen LogP contribution in [0.2, 0.25) is 0 Å². The highest BCUT2D eigenvalue weighted by atomic mass is 15.2. The molecule has 0 spiro atoms. The molecule has 2 heteroatoms. The van der Waals surface area contributed by atoms with Crippen molar-refractivity contribution in [3.05, 3.63) is 0 Å². The molecule has 21 heavy (non-hydrogen) atoms. The first-order valence-corrected chi connectivity index (χ1v) is 9.60. The summed E-state index contributed by atoms with van der Waals surface area (Å²) in [6.07, 6.45) is 13.1. The monoisotopic (exact) mass is 294 g/mol. The Bertz CT molecular complexity index is 275. The summed E-state index contributed by atoms with van der Waals surface area (Å²) in [5, 5.41) is 3.77. The van der Waals surface area contributed by atoms with Gasteiger partial charge in [0.2, 0.25) is 0 Å². The third kappa shape index (κ3) is 5.25. The highest BCUT2D eigenvalue weighted by Crippen LogP contribution is 2.39. The minimum atomic E-state index is 0.572. The van der Waals surface area contributed by atoms with Crippen LogP contribution in [-0.4, -0.2) is 37.1 Å². The molecule has 0 atom stereocenters. The van der Waals surface area contributed by atoms with Crippen LogP contribution in [0.25, 0.3) is 0 Å². The van der Waals surface area contributed by atoms with Gasteiger partial charge < -0.3 is 10.2 Å². The maximum absolute atomic E-state index is 3.77. The number of hydrogen-bond donors (Lipinski definition) is 1. The lowest BCUT2D eigenvalue weighted by atomic mass is 9.83. The summed E-state index contributed by atoms with van der Waals surface area (Å²) in [7, 11) is 0. The molecule has 2 nitrogen and oxygen atoms in total. The average Bonchev–Trinajstić information content (AvgIpc) is 2.94. The van der Waals surface area contributed by atoms with Gasteiger partial charge in [0.25, 0.3) is 0 Å². The largest absolute Gasteiger partial charge is 0.316 e. The lowest BCUT2D eigenvalue weighted by Gasteiger charge is -2.41. The lowest BCUT2D eigenvalue weighted by Crippen LogP contribution is -2.47. The maximum atomic E-state index is 3.77. The van der Waals surface area contributed by atoms with E-state index in [4.69, 9.17) is 0 Å². The van der Waals surface area contributed by atoms with E-state index in [0.29, 0.717) is 5.41 Å². The van der Waals surface area contributed by atoms with E-state index in [0.717, 1.165) is 12.0 Å². The standard InChI is InChI=1S/C19H38N2/c1-4-21(18-10-6-5-7-11-18)16-19(12-8-9-13-19)15-20-14-17(2)3/h17-18,20H,4-16H2,1-3H3. The zero-order valence-electron chi connectivity index (χ0n) is 14.8. The SMILES string of the molecule is CCN(CC1(CNCC(C)C)CCCC1)C1CCCCC1. The predicted octanol–water partition coefficient (Wildman–Crippen LogP) is 4.45. The first-order chi connectivity index (χ1) is 10.2. The quantitative estimate of drug-likeness (QED) is 0.711. The Morgan fingerprint density at radius 3 is 2.29 bits per heavy atom. The molecule has 0 aromatic rings. The van der Waals surface area contributed by atoms with Crippen molar-refractivity contribution in [1.82, 2.24) is 10.2 Å². The molecule has 1 N–H and O–H groups in total. The zero-order valence-corrected chi connectivity index (χ0v) is 14.8. The summed E-state index contributed by atoms with van der Waals surface area (Å²) in [5.74, 6) is 0.768. The van der Waals surface area contributed by atoms with Crippen molar-refractivity contribution >= 4 is 0 Å². The second-order valence-corrected chi connectivity index (χ2v) is 8.09. The minimum absolute atomic E-state index is 0.572. The van der Waals surface area contributed by atoms with Crippen LogP contribution in [0.5, 0.6) is 0 Å². The Labute approximate surface area is 133 Å². The molecule has 2 rings (SSSR count). The third-order valence-corrected chi connectivity index (χ3v) is 5.75. The third-order valence-electron chi connectivity index (χ3n) is 5.75. The van der Waals surface area contributed by atoms with Gasteiger partial charge in [-0.1, -0.05) is 52.9 Å². The molecule has 0 unspecified atom stereocenters. The van der Waals surface area contributed by atoms with Crippen molar-refractivity contribution in [1.29, 1.82) is 0 Å². The molecule has 2 fully saturated rings. The van der Waals surface area contributed by atoms with Crippen molar-refractivity contribution in [2.24, 2.45) is 11.3 Å². The molecule has 2 aliphatic carbocycles. The van der Waals surface area contributed by atoms with Gasteiger partial charge >= 0.3 is 0 Å². The Morgan fingerprint density at radius 1 is 1.05 bits per heavy atom. The van der Waals surface area contributed by atoms with Gasteiger partial charge in [0.15, 0.2) is 0 Å². The Kier molecular flexibility index (Phi) is 7.01. The van der Waals surface area contributed by atoms with E-state index in [1.165, 1.54) is 84.0 Å². The molecule has 0 amide bonds. The van der Waals surface area contributed by atoms with Crippen LogP contribution in [0, 0.1) is 11.3 Å². The van der Waals surface area contributed by atoms with Gasteiger partial charge in [-0.3, -0.25) is 0 Å². The maximum Gasteiger partial charge on any atom is 0.00953 e. The highest BCUT2D eigenvalue weighted by molar-refractivity contribution is 4.91. The van der Waals surface area contributed by atoms with Crippen LogP contribution in [0.3, 0.4) is 0 Å². The number of nitrogens with zero attached hydrogens (tertiary/aromatic N) is 1. The molecule has 0 heterocycles. The number of rotatable bonds is 8. The topological polar surface area (TPSA) is 15.3 Å². The van der Waals surface area contributed by atoms with Gasteiger partial charge in [-0.05, 0) is 50.1 Å². The summed E-state index contributed by atoms with van der Waals surface area (Å²) < 4.78 is 0. The number of nitrogens with one attached hydrogen (secondary N) is 1. The van der Waals surface area contributed by atoms with Crippen molar-refractivity contribution < 1.29 is 0 Å². The highest BCUT2D eigenvalue weighted by Gasteiger charge is 2.36. The van der Waals surface area contributed by atoms with Gasteiger partial charge in [0.05, 0.1) is 0 Å². The molecule has 0 aliphatic heterocycles. The molecule has 2 saturated carbocycles. The molecular formula is C19H38N2. The van der Waals surface area contributed by atoms with Crippen molar-refractivity contribution in [3.63, 3.8) is 0 Å². The summed E-state index contributed by atoms with van der Waals surface area (Å²) in [6.45, 7) is 12.0. The molecular weight excluding hydrogens is 256 g/mol. The van der Waals surface area contributed by atoms with Crippen LogP contribution in [0.4, 0.5) is 0 Å². The fourth-order valence-corrected chi connectivity index (χ4v) is 4.52. The van der Waals surface area contributed by atoms with E-state index < -0.39 is 0 Å². The van der Waals surface area contributed by atoms with Crippen LogP contribution < -0.4 is 5.32 Å². The van der Waals surface area contributed by atoms with Crippen LogP contribution in [0.15, 0.2) is 0 Å². The second-order valence-electron chi connectivity index (χ2n) is 8.09. The summed E-state index contributed by atoms with van der Waals surface area (Å²) in [4.78, 5) is 2.83. The summed E-state index contributed by atoms with van der Waals surface area (Å²) in [6, 6.07) is 0.881. The minimum Gasteiger partial charge on any atom is -0.316 e. The fourth-order valence-electron chi connectivity index (χ4n) is 4.52. The predicted molar refractivity (Wildman–Crippen MR) is 92.7 cm³/mol. The van der Waals surface area contributed by atoms with Gasteiger partial charge in [0, 0.05) is 19.1 Å². The Balaban J connectivity index is 1.90. The van der Waals surface area contributed by atoms with Crippen molar-refractivity contribution in [2.45, 2.75) is 84.6 Å². The average molecular weight is 295 g/mol. The van der Waals surface area contributed by atoms with E-state index in [1.54, 1.807) is 0 Å². The molecule has 0 saturated heterocycles. The van der Waals surface area contributed by atoms with E-state index in [1.807, 2.05) is 0 Å². The smallest absolute Gasteiger partial charge is 0.00953 e. The van der Waals surface area contributed by atoms with E-state index in [9.17, 15) is 0 Å². The van der Waals surface area contributed by atoms with Crippen molar-refractivity contribution in [3.8, 4) is 0 Å². The van der Waals surface area contributed by atoms with Crippen molar-refractivity contribution in [2.75, 3.05) is 26.2 Å². The van der Waals surface area contributed by atoms with Gasteiger partial charge in [-0.2, -0.15) is 0 Å². The fraction of sp³-hybridized carbons (Fsp3) is 1.00. The van der Waals surface area contributed by atoms with Crippen LogP contribution in [-0.2, 0) is 0 Å². The van der Waals surface area contributed by atoms with E-state index >= 15 is 0 Å². The van der Waals surface area contributed by atoms with E-state index in [-0.39, 0.29) is 0 Å². The first-order valence-electron chi connectivity index (χ1n) is 9.60. The van der Waals surface area contributed by atoms with Gasteiger partial charge in [-0.15, -0.1) is 0 Å². The zero-order chi connectivity index (χ0) is 15.1. The Hall–Kier alpha value is -0.0800. The molecule has 124 valence electrons. The normalized spacial score (nSPS) is 23.3. The molecule has 2 aliphatic rings. The second kappa shape index (κ2) is 8.53. The van der Waals surface area contributed by atoms with Gasteiger partial charge in [-0.25, -0.2) is 0 Å². The first kappa shape index (κ1) is 17.3. The molecule has 0 aromatic heterocycles. The van der Waals surface area contributed by atoms with Crippen LogP contribution in [0.1, 0.15) is 78.6 Å². The summed E-state index contributed by atoms with van der Waals surface area (Å²) in [5.41, 5.74) is 0.572. The van der Waals surface area contributed by atoms with Gasteiger partial charge in [0.1, 0.15) is 0 Å². The van der Waals surface area contributed by atoms with E-state index in [2.05, 4.69) is 31.0 Å². The summed E-state index contributed by atoms with van der Waals surface area (Å²) >= 11 is 0. The number of hydrogen-bond acceptors (Lipinski definition) is 2. The molecule has 0 bridgehead atoms. The Morgan fingerprint density at radius 2 is 1.71 bits per heavy atom. The molecule has 0 radical (unpaired) electrons. The lowest BCUT2D eigenvalue weighted by molar-refractivity contribution is 0.0928. The molecule has 0 aromatic carbocycles.